The number of hydrogen-bond donors (Lipinski definition) is 1. The molecule has 0 fully saturated rings. The third-order valence-corrected chi connectivity index (χ3v) is 5.96. The van der Waals surface area contributed by atoms with E-state index >= 15 is 0 Å². The number of carbonyl (C=O) groups excluding carboxylic acids is 2. The van der Waals surface area contributed by atoms with Crippen LogP contribution in [-0.2, 0) is 22.5 Å². The van der Waals surface area contributed by atoms with E-state index in [1.807, 2.05) is 6.07 Å². The number of carbonyl (C=O) groups is 2. The predicted molar refractivity (Wildman–Crippen MR) is 107 cm³/mol. The van der Waals surface area contributed by atoms with E-state index in [4.69, 9.17) is 4.74 Å². The quantitative estimate of drug-likeness (QED) is 0.684. The molecule has 1 N–H and O–H groups in total. The maximum Gasteiger partial charge on any atom is 0.349 e. The van der Waals surface area contributed by atoms with E-state index in [0.717, 1.165) is 30.0 Å². The number of ether oxygens (including phenoxy) is 1. The molecule has 144 valence electrons. The highest BCUT2D eigenvalue weighted by Gasteiger charge is 2.26. The first kappa shape index (κ1) is 18.4. The highest BCUT2D eigenvalue weighted by molar-refractivity contribution is 7.20. The third-order valence-electron chi connectivity index (χ3n) is 4.79. The van der Waals surface area contributed by atoms with Crippen molar-refractivity contribution in [1.29, 1.82) is 0 Å². The van der Waals surface area contributed by atoms with Gasteiger partial charge in [0.05, 0.1) is 5.39 Å². The number of benzene rings is 1. The number of rotatable bonds is 4. The number of thiophene rings is 1. The van der Waals surface area contributed by atoms with Crippen LogP contribution in [0, 0.1) is 6.92 Å². The molecule has 0 radical (unpaired) electrons. The van der Waals surface area contributed by atoms with Crippen molar-refractivity contribution in [2.75, 3.05) is 5.32 Å². The van der Waals surface area contributed by atoms with Crippen LogP contribution in [0.3, 0.4) is 0 Å². The fraction of sp³-hybridized carbons (Fsp3) is 0.300. The lowest BCUT2D eigenvalue weighted by Crippen LogP contribution is -2.30. The second-order valence-corrected chi connectivity index (χ2v) is 7.73. The molecule has 0 aliphatic carbocycles. The van der Waals surface area contributed by atoms with Gasteiger partial charge in [0.2, 0.25) is 0 Å². The Hall–Kier alpha value is -3.00. The molecule has 0 unspecified atom stereocenters. The second-order valence-electron chi connectivity index (χ2n) is 6.73. The fourth-order valence-electron chi connectivity index (χ4n) is 3.30. The van der Waals surface area contributed by atoms with Crippen LogP contribution in [0.25, 0.3) is 10.2 Å². The molecular weight excluding hydrogens is 378 g/mol. The summed E-state index contributed by atoms with van der Waals surface area (Å²) in [6.07, 6.45) is 0.691. The zero-order valence-corrected chi connectivity index (χ0v) is 16.3. The summed E-state index contributed by atoms with van der Waals surface area (Å²) in [5.41, 5.74) is 1.07. The number of nitrogens with one attached hydrogen (secondary N) is 1. The molecule has 1 aliphatic rings. The van der Waals surface area contributed by atoms with Crippen LogP contribution in [-0.4, -0.2) is 27.5 Å². The fourth-order valence-corrected chi connectivity index (χ4v) is 4.38. The number of aryl methyl sites for hydroxylation is 2. The first-order chi connectivity index (χ1) is 13.5. The van der Waals surface area contributed by atoms with Crippen LogP contribution in [0.1, 0.15) is 34.4 Å². The minimum atomic E-state index is -0.976. The Morgan fingerprint density at radius 2 is 2.04 bits per heavy atom. The van der Waals surface area contributed by atoms with E-state index in [0.29, 0.717) is 32.9 Å². The Morgan fingerprint density at radius 3 is 2.79 bits per heavy atom. The van der Waals surface area contributed by atoms with Gasteiger partial charge in [0.15, 0.2) is 6.10 Å². The van der Waals surface area contributed by atoms with Crippen molar-refractivity contribution in [1.82, 2.24) is 9.55 Å². The van der Waals surface area contributed by atoms with Crippen molar-refractivity contribution in [2.24, 2.45) is 0 Å². The molecule has 0 bridgehead atoms. The Kier molecular flexibility index (Phi) is 4.72. The average Bonchev–Trinajstić information content (AvgIpc) is 3.27. The molecule has 1 amide bonds. The summed E-state index contributed by atoms with van der Waals surface area (Å²) < 4.78 is 7.02. The molecule has 4 rings (SSSR count). The molecular formula is C20H19N3O4S. The van der Waals surface area contributed by atoms with Crippen molar-refractivity contribution in [3.05, 3.63) is 57.0 Å². The molecule has 0 saturated heterocycles. The highest BCUT2D eigenvalue weighted by atomic mass is 32.1. The van der Waals surface area contributed by atoms with Crippen molar-refractivity contribution in [2.45, 2.75) is 39.3 Å². The Bertz CT molecular complexity index is 1130. The first-order valence-electron chi connectivity index (χ1n) is 9.05. The second kappa shape index (κ2) is 7.20. The van der Waals surface area contributed by atoms with E-state index in [9.17, 15) is 14.4 Å². The smallest absolute Gasteiger partial charge is 0.349 e. The standard InChI is InChI=1S/C20H19N3O4S/c1-11-15-18(22-14-9-6-10-23(14)19(15)25)28-16(11)20(26)27-12(2)17(24)21-13-7-4-3-5-8-13/h3-5,7-8,12H,6,9-10H2,1-2H3,(H,21,24)/t12-/m1/s1. The first-order valence-corrected chi connectivity index (χ1v) is 9.87. The summed E-state index contributed by atoms with van der Waals surface area (Å²) >= 11 is 1.14. The molecule has 8 heteroatoms. The van der Waals surface area contributed by atoms with E-state index in [2.05, 4.69) is 10.3 Å². The summed E-state index contributed by atoms with van der Waals surface area (Å²) in [6, 6.07) is 8.95. The van der Waals surface area contributed by atoms with Crippen LogP contribution in [0.15, 0.2) is 35.1 Å². The van der Waals surface area contributed by atoms with Gasteiger partial charge in [-0.05, 0) is 38.0 Å². The highest BCUT2D eigenvalue weighted by Crippen LogP contribution is 2.29. The largest absolute Gasteiger partial charge is 0.448 e. The number of aromatic nitrogens is 2. The Morgan fingerprint density at radius 1 is 1.29 bits per heavy atom. The van der Waals surface area contributed by atoms with E-state index in [-0.39, 0.29) is 5.56 Å². The zero-order chi connectivity index (χ0) is 19.8. The number of anilines is 1. The minimum Gasteiger partial charge on any atom is -0.448 e. The minimum absolute atomic E-state index is 0.111. The van der Waals surface area contributed by atoms with Gasteiger partial charge in [-0.25, -0.2) is 9.78 Å². The molecule has 1 aliphatic heterocycles. The lowest BCUT2D eigenvalue weighted by Gasteiger charge is -2.13. The third kappa shape index (κ3) is 3.20. The van der Waals surface area contributed by atoms with Crippen molar-refractivity contribution in [3.63, 3.8) is 0 Å². The van der Waals surface area contributed by atoms with Crippen LogP contribution >= 0.6 is 11.3 Å². The van der Waals surface area contributed by atoms with Gasteiger partial charge in [-0.2, -0.15) is 0 Å². The Balaban J connectivity index is 1.56. The predicted octanol–water partition coefficient (Wildman–Crippen LogP) is 2.90. The van der Waals surface area contributed by atoms with Gasteiger partial charge in [0.1, 0.15) is 15.5 Å². The number of esters is 1. The summed E-state index contributed by atoms with van der Waals surface area (Å²) in [7, 11) is 0. The topological polar surface area (TPSA) is 90.3 Å². The number of nitrogens with zero attached hydrogens (tertiary/aromatic N) is 2. The van der Waals surface area contributed by atoms with Crippen LogP contribution < -0.4 is 10.9 Å². The van der Waals surface area contributed by atoms with Gasteiger partial charge >= 0.3 is 5.97 Å². The zero-order valence-electron chi connectivity index (χ0n) is 15.5. The molecule has 28 heavy (non-hydrogen) atoms. The number of fused-ring (bicyclic) bond motifs is 2. The maximum absolute atomic E-state index is 12.7. The van der Waals surface area contributed by atoms with E-state index in [1.54, 1.807) is 35.8 Å². The number of para-hydroxylation sites is 1. The summed E-state index contributed by atoms with van der Waals surface area (Å²) in [5.74, 6) is -0.287. The SMILES string of the molecule is Cc1c(C(=O)O[C@H](C)C(=O)Nc2ccccc2)sc2nc3n(c(=O)c12)CCC3. The van der Waals surface area contributed by atoms with Gasteiger partial charge in [-0.15, -0.1) is 11.3 Å². The summed E-state index contributed by atoms with van der Waals surface area (Å²) in [5, 5.41) is 3.16. The van der Waals surface area contributed by atoms with Crippen LogP contribution in [0.4, 0.5) is 5.69 Å². The van der Waals surface area contributed by atoms with Gasteiger partial charge in [-0.3, -0.25) is 14.2 Å². The molecule has 7 nitrogen and oxygen atoms in total. The lowest BCUT2D eigenvalue weighted by molar-refractivity contribution is -0.123. The Labute approximate surface area is 165 Å². The van der Waals surface area contributed by atoms with E-state index in [1.165, 1.54) is 6.92 Å². The molecule has 1 atom stereocenters. The molecule has 0 spiro atoms. The number of hydrogen-bond acceptors (Lipinski definition) is 6. The molecule has 0 saturated carbocycles. The van der Waals surface area contributed by atoms with Crippen molar-refractivity contribution in [3.8, 4) is 0 Å². The monoisotopic (exact) mass is 397 g/mol. The summed E-state index contributed by atoms with van der Waals surface area (Å²) in [4.78, 5) is 43.0. The van der Waals surface area contributed by atoms with E-state index < -0.39 is 18.0 Å². The average molecular weight is 397 g/mol. The van der Waals surface area contributed by atoms with Gasteiger partial charge in [0.25, 0.3) is 11.5 Å². The van der Waals surface area contributed by atoms with Gasteiger partial charge in [-0.1, -0.05) is 18.2 Å². The maximum atomic E-state index is 12.7. The van der Waals surface area contributed by atoms with Crippen LogP contribution in [0.2, 0.25) is 0 Å². The van der Waals surface area contributed by atoms with Gasteiger partial charge in [0, 0.05) is 18.7 Å². The van der Waals surface area contributed by atoms with Crippen molar-refractivity contribution >= 4 is 39.1 Å². The number of amides is 1. The van der Waals surface area contributed by atoms with Crippen LogP contribution in [0.5, 0.6) is 0 Å². The molecule has 3 aromatic rings. The van der Waals surface area contributed by atoms with Crippen molar-refractivity contribution < 1.29 is 14.3 Å². The molecule has 2 aromatic heterocycles. The summed E-state index contributed by atoms with van der Waals surface area (Å²) in [6.45, 7) is 3.89. The molecule has 3 heterocycles. The normalized spacial score (nSPS) is 13.9. The molecule has 1 aromatic carbocycles. The van der Waals surface area contributed by atoms with Gasteiger partial charge < -0.3 is 10.1 Å². The lowest BCUT2D eigenvalue weighted by atomic mass is 10.2.